The highest BCUT2D eigenvalue weighted by molar-refractivity contribution is 4.67. The van der Waals surface area contributed by atoms with Crippen LogP contribution >= 0.6 is 0 Å². The van der Waals surface area contributed by atoms with Gasteiger partial charge in [0.1, 0.15) is 6.10 Å². The molecule has 1 N–H and O–H groups in total. The molecule has 0 amide bonds. The van der Waals surface area contributed by atoms with Gasteiger partial charge in [-0.25, -0.2) is 5.11 Å². The fourth-order valence-electron chi connectivity index (χ4n) is 0.628. The van der Waals surface area contributed by atoms with Gasteiger partial charge in [0, 0.05) is 6.54 Å². The predicted molar refractivity (Wildman–Crippen MR) is 22.0 cm³/mol. The van der Waals surface area contributed by atoms with Gasteiger partial charge in [-0.2, -0.15) is 0 Å². The predicted octanol–water partition coefficient (Wildman–Crippen LogP) is -0.221. The average molecular weight is 86.1 g/mol. The van der Waals surface area contributed by atoms with Gasteiger partial charge in [-0.15, -0.1) is 0 Å². The van der Waals surface area contributed by atoms with Gasteiger partial charge in [-0.1, -0.05) is 0 Å². The summed E-state index contributed by atoms with van der Waals surface area (Å²) in [7, 11) is 0. The smallest absolute Gasteiger partial charge is 0.107 e. The Bertz CT molecular complexity index is 40.8. The van der Waals surface area contributed by atoms with Crippen LogP contribution in [0.1, 0.15) is 6.42 Å². The van der Waals surface area contributed by atoms with Crippen LogP contribution in [0.4, 0.5) is 0 Å². The van der Waals surface area contributed by atoms with Crippen LogP contribution in [-0.2, 0) is 5.11 Å². The van der Waals surface area contributed by atoms with Crippen molar-refractivity contribution < 1.29 is 5.11 Å². The summed E-state index contributed by atoms with van der Waals surface area (Å²) in [5, 5.41) is 13.2. The van der Waals surface area contributed by atoms with E-state index in [9.17, 15) is 5.11 Å². The highest BCUT2D eigenvalue weighted by Crippen LogP contribution is 1.94. The summed E-state index contributed by atoms with van der Waals surface area (Å²) in [6, 6.07) is 0. The van der Waals surface area contributed by atoms with Gasteiger partial charge in [-0.3, -0.25) is 0 Å². The van der Waals surface area contributed by atoms with Crippen molar-refractivity contribution >= 4 is 0 Å². The molecule has 35 valence electrons. The Morgan fingerprint density at radius 3 is 2.67 bits per heavy atom. The van der Waals surface area contributed by atoms with Crippen LogP contribution < -0.4 is 5.32 Å². The Morgan fingerprint density at radius 2 is 2.50 bits per heavy atom. The molecule has 2 heteroatoms. The van der Waals surface area contributed by atoms with Crippen molar-refractivity contribution in [1.82, 2.24) is 5.32 Å². The Hall–Kier alpha value is -0.0800. The van der Waals surface area contributed by atoms with Crippen molar-refractivity contribution in [3.8, 4) is 0 Å². The topological polar surface area (TPSA) is 31.9 Å². The maximum Gasteiger partial charge on any atom is 0.107 e. The van der Waals surface area contributed by atoms with E-state index in [4.69, 9.17) is 0 Å². The van der Waals surface area contributed by atoms with Crippen LogP contribution in [0.15, 0.2) is 0 Å². The normalized spacial score (nSPS) is 34.5. The molecule has 1 heterocycles. The molecule has 0 aromatic rings. The van der Waals surface area contributed by atoms with Crippen LogP contribution in [0.2, 0.25) is 0 Å². The minimum absolute atomic E-state index is 0.315. The Kier molecular flexibility index (Phi) is 1.08. The van der Waals surface area contributed by atoms with E-state index in [1.54, 1.807) is 0 Å². The summed E-state index contributed by atoms with van der Waals surface area (Å²) < 4.78 is 0. The zero-order chi connectivity index (χ0) is 4.41. The number of rotatable bonds is 0. The van der Waals surface area contributed by atoms with E-state index in [1.807, 2.05) is 0 Å². The molecular weight excluding hydrogens is 78.0 g/mol. The molecule has 1 fully saturated rings. The fraction of sp³-hybridized carbons (Fsp3) is 1.00. The molecule has 0 aromatic heterocycles. The minimum atomic E-state index is -0.315. The van der Waals surface area contributed by atoms with E-state index in [2.05, 4.69) is 5.32 Å². The highest BCUT2D eigenvalue weighted by Gasteiger charge is 2.10. The number of hydrogen-bond acceptors (Lipinski definition) is 1. The first-order chi connectivity index (χ1) is 2.89. The molecule has 1 aliphatic heterocycles. The van der Waals surface area contributed by atoms with Crippen LogP contribution in [0, 0.1) is 0 Å². The van der Waals surface area contributed by atoms with Crippen LogP contribution in [0.25, 0.3) is 0 Å². The zero-order valence-corrected chi connectivity index (χ0v) is 3.61. The molecule has 1 unspecified atom stereocenters. The lowest BCUT2D eigenvalue weighted by Crippen LogP contribution is -2.10. The van der Waals surface area contributed by atoms with Crippen LogP contribution in [0.3, 0.4) is 0 Å². The summed E-state index contributed by atoms with van der Waals surface area (Å²) in [5.41, 5.74) is 0. The van der Waals surface area contributed by atoms with Crippen molar-refractivity contribution in [2.45, 2.75) is 12.5 Å². The molecule has 0 spiro atoms. The second kappa shape index (κ2) is 1.58. The molecule has 1 atom stereocenters. The lowest BCUT2D eigenvalue weighted by atomic mass is 10.3. The summed E-state index contributed by atoms with van der Waals surface area (Å²) in [5.74, 6) is 0. The molecule has 0 aromatic carbocycles. The largest absolute Gasteiger partial charge is 0.314 e. The second-order valence-electron chi connectivity index (χ2n) is 1.61. The first-order valence-corrected chi connectivity index (χ1v) is 2.26. The Morgan fingerprint density at radius 1 is 1.67 bits per heavy atom. The van der Waals surface area contributed by atoms with Gasteiger partial charge in [-0.05, 0) is 13.0 Å². The third-order valence-corrected chi connectivity index (χ3v) is 1.02. The fourth-order valence-corrected chi connectivity index (χ4v) is 0.628. The van der Waals surface area contributed by atoms with E-state index in [0.717, 1.165) is 13.0 Å². The van der Waals surface area contributed by atoms with Crippen LogP contribution in [-0.4, -0.2) is 19.2 Å². The second-order valence-corrected chi connectivity index (χ2v) is 1.61. The van der Waals surface area contributed by atoms with Crippen molar-refractivity contribution in [2.75, 3.05) is 13.1 Å². The summed E-state index contributed by atoms with van der Waals surface area (Å²) in [4.78, 5) is 0. The van der Waals surface area contributed by atoms with Crippen molar-refractivity contribution in [2.24, 2.45) is 0 Å². The zero-order valence-electron chi connectivity index (χ0n) is 3.61. The molecular formula is C4H8NO. The molecule has 1 rings (SSSR count). The molecule has 0 aliphatic carbocycles. The maximum absolute atomic E-state index is 10.3. The van der Waals surface area contributed by atoms with Crippen LogP contribution in [0.5, 0.6) is 0 Å². The van der Waals surface area contributed by atoms with E-state index >= 15 is 0 Å². The van der Waals surface area contributed by atoms with Gasteiger partial charge in [0.15, 0.2) is 0 Å². The Labute approximate surface area is 37.2 Å². The molecule has 2 nitrogen and oxygen atoms in total. The van der Waals surface area contributed by atoms with Gasteiger partial charge < -0.3 is 5.32 Å². The third-order valence-electron chi connectivity index (χ3n) is 1.02. The van der Waals surface area contributed by atoms with Crippen molar-refractivity contribution in [1.29, 1.82) is 0 Å². The van der Waals surface area contributed by atoms with Crippen molar-refractivity contribution in [3.63, 3.8) is 0 Å². The molecule has 1 aliphatic rings. The van der Waals surface area contributed by atoms with Gasteiger partial charge in [0.2, 0.25) is 0 Å². The standard InChI is InChI=1S/C4H8NO/c6-4-1-2-5-3-4/h4-5H,1-3H2. The first kappa shape index (κ1) is 4.09. The summed E-state index contributed by atoms with van der Waals surface area (Å²) in [6.07, 6.45) is 0.505. The lowest BCUT2D eigenvalue weighted by molar-refractivity contribution is 0.107. The molecule has 0 saturated carbocycles. The monoisotopic (exact) mass is 86.1 g/mol. The SMILES string of the molecule is [O]C1CCNC1. The molecule has 1 saturated heterocycles. The van der Waals surface area contributed by atoms with Gasteiger partial charge >= 0.3 is 0 Å². The molecule has 1 radical (unpaired) electrons. The molecule has 6 heavy (non-hydrogen) atoms. The maximum atomic E-state index is 10.3. The van der Waals surface area contributed by atoms with Gasteiger partial charge in [0.05, 0.1) is 0 Å². The average Bonchev–Trinajstić information content (AvgIpc) is 1.86. The van der Waals surface area contributed by atoms with E-state index < -0.39 is 0 Å². The van der Waals surface area contributed by atoms with Gasteiger partial charge in [0.25, 0.3) is 0 Å². The Balaban J connectivity index is 2.18. The number of nitrogens with one attached hydrogen (secondary N) is 1. The first-order valence-electron chi connectivity index (χ1n) is 2.26. The summed E-state index contributed by atoms with van der Waals surface area (Å²) in [6.45, 7) is 1.61. The van der Waals surface area contributed by atoms with E-state index in [-0.39, 0.29) is 6.10 Å². The minimum Gasteiger partial charge on any atom is -0.314 e. The third kappa shape index (κ3) is 0.698. The number of hydrogen-bond donors (Lipinski definition) is 1. The summed E-state index contributed by atoms with van der Waals surface area (Å²) >= 11 is 0. The van der Waals surface area contributed by atoms with E-state index in [0.29, 0.717) is 6.54 Å². The lowest BCUT2D eigenvalue weighted by Gasteiger charge is -1.86. The van der Waals surface area contributed by atoms with E-state index in [1.165, 1.54) is 0 Å². The quantitative estimate of drug-likeness (QED) is 0.434. The highest BCUT2D eigenvalue weighted by atomic mass is 16.3. The molecule has 0 bridgehead atoms. The van der Waals surface area contributed by atoms with Crippen molar-refractivity contribution in [3.05, 3.63) is 0 Å².